The molecule has 84 valence electrons. The minimum atomic E-state index is 0.185. The largest absolute Gasteiger partial charge is 0.396 e. The van der Waals surface area contributed by atoms with Gasteiger partial charge in [-0.05, 0) is 12.0 Å². The fourth-order valence-corrected chi connectivity index (χ4v) is 1.63. The average molecular weight is 217 g/mol. The summed E-state index contributed by atoms with van der Waals surface area (Å²) in [6, 6.07) is 10.2. The predicted molar refractivity (Wildman–Crippen MR) is 61.0 cm³/mol. The van der Waals surface area contributed by atoms with Gasteiger partial charge in [0.25, 0.3) is 0 Å². The van der Waals surface area contributed by atoms with Gasteiger partial charge in [-0.3, -0.25) is 0 Å². The highest BCUT2D eigenvalue weighted by Crippen LogP contribution is 2.07. The van der Waals surface area contributed by atoms with E-state index in [9.17, 15) is 0 Å². The summed E-state index contributed by atoms with van der Waals surface area (Å²) >= 11 is 0. The summed E-state index contributed by atoms with van der Waals surface area (Å²) in [7, 11) is 0. The van der Waals surface area contributed by atoms with Gasteiger partial charge in [0.1, 0.15) is 0 Å². The molecule has 0 saturated carbocycles. The molecule has 0 fully saturated rings. The van der Waals surface area contributed by atoms with Crippen LogP contribution in [0.2, 0.25) is 0 Å². The van der Waals surface area contributed by atoms with Crippen molar-refractivity contribution in [3.05, 3.63) is 47.8 Å². The van der Waals surface area contributed by atoms with Crippen LogP contribution in [0, 0.1) is 0 Å². The van der Waals surface area contributed by atoms with Crippen LogP contribution in [0.25, 0.3) is 0 Å². The number of aliphatic hydroxyl groups is 1. The molecule has 0 aliphatic rings. The summed E-state index contributed by atoms with van der Waals surface area (Å²) < 4.78 is 1.85. The van der Waals surface area contributed by atoms with E-state index in [1.54, 1.807) is 6.20 Å². The Kier molecular flexibility index (Phi) is 3.66. The van der Waals surface area contributed by atoms with Gasteiger partial charge in [-0.2, -0.15) is 0 Å². The van der Waals surface area contributed by atoms with E-state index in [0.717, 1.165) is 18.7 Å². The number of benzene rings is 1. The van der Waals surface area contributed by atoms with Gasteiger partial charge >= 0.3 is 0 Å². The zero-order valence-electron chi connectivity index (χ0n) is 9.08. The molecule has 2 aromatic rings. The SMILES string of the molecule is OCCCn1nncc1Cc1ccccc1. The molecule has 1 heterocycles. The molecule has 1 N–H and O–H groups in total. The summed E-state index contributed by atoms with van der Waals surface area (Å²) in [5.74, 6) is 0. The maximum atomic E-state index is 8.78. The number of rotatable bonds is 5. The van der Waals surface area contributed by atoms with Crippen molar-refractivity contribution < 1.29 is 5.11 Å². The highest BCUT2D eigenvalue weighted by atomic mass is 16.3. The molecule has 16 heavy (non-hydrogen) atoms. The molecule has 0 saturated heterocycles. The normalized spacial score (nSPS) is 10.6. The summed E-state index contributed by atoms with van der Waals surface area (Å²) in [6.45, 7) is 0.906. The van der Waals surface area contributed by atoms with Crippen molar-refractivity contribution >= 4 is 0 Å². The van der Waals surface area contributed by atoms with Crippen LogP contribution in [0.1, 0.15) is 17.7 Å². The number of nitrogens with zero attached hydrogens (tertiary/aromatic N) is 3. The number of hydrogen-bond donors (Lipinski definition) is 1. The smallest absolute Gasteiger partial charge is 0.0728 e. The Morgan fingerprint density at radius 2 is 2.00 bits per heavy atom. The summed E-state index contributed by atoms with van der Waals surface area (Å²) in [5.41, 5.74) is 2.33. The zero-order chi connectivity index (χ0) is 11.2. The van der Waals surface area contributed by atoms with Gasteiger partial charge in [0.05, 0.1) is 11.9 Å². The van der Waals surface area contributed by atoms with E-state index < -0.39 is 0 Å². The molecule has 0 unspecified atom stereocenters. The molecule has 1 aromatic carbocycles. The second-order valence-corrected chi connectivity index (χ2v) is 3.69. The lowest BCUT2D eigenvalue weighted by molar-refractivity contribution is 0.275. The summed E-state index contributed by atoms with van der Waals surface area (Å²) in [6.07, 6.45) is 3.33. The van der Waals surface area contributed by atoms with Crippen molar-refractivity contribution in [1.82, 2.24) is 15.0 Å². The molecule has 0 radical (unpaired) electrons. The van der Waals surface area contributed by atoms with Crippen molar-refractivity contribution in [1.29, 1.82) is 0 Å². The first-order valence-electron chi connectivity index (χ1n) is 5.42. The molecule has 0 atom stereocenters. The Bertz CT molecular complexity index is 425. The quantitative estimate of drug-likeness (QED) is 0.820. The Morgan fingerprint density at radius 3 is 2.75 bits per heavy atom. The van der Waals surface area contributed by atoms with Crippen LogP contribution in [-0.2, 0) is 13.0 Å². The van der Waals surface area contributed by atoms with E-state index >= 15 is 0 Å². The molecule has 2 rings (SSSR count). The van der Waals surface area contributed by atoms with Gasteiger partial charge in [0, 0.05) is 19.6 Å². The van der Waals surface area contributed by atoms with Crippen molar-refractivity contribution in [3.8, 4) is 0 Å². The van der Waals surface area contributed by atoms with E-state index in [2.05, 4.69) is 22.4 Å². The van der Waals surface area contributed by atoms with Crippen LogP contribution < -0.4 is 0 Å². The van der Waals surface area contributed by atoms with Crippen molar-refractivity contribution in [2.24, 2.45) is 0 Å². The minimum Gasteiger partial charge on any atom is -0.396 e. The van der Waals surface area contributed by atoms with Crippen LogP contribution in [0.3, 0.4) is 0 Å². The van der Waals surface area contributed by atoms with E-state index in [0.29, 0.717) is 6.42 Å². The lowest BCUT2D eigenvalue weighted by Gasteiger charge is -2.04. The Balaban J connectivity index is 2.07. The van der Waals surface area contributed by atoms with Gasteiger partial charge in [-0.1, -0.05) is 35.5 Å². The molecule has 4 heteroatoms. The molecule has 1 aromatic heterocycles. The Hall–Kier alpha value is -1.68. The van der Waals surface area contributed by atoms with Crippen LogP contribution >= 0.6 is 0 Å². The van der Waals surface area contributed by atoms with Crippen LogP contribution in [0.5, 0.6) is 0 Å². The third-order valence-corrected chi connectivity index (χ3v) is 2.45. The van der Waals surface area contributed by atoms with Crippen molar-refractivity contribution in [2.45, 2.75) is 19.4 Å². The fourth-order valence-electron chi connectivity index (χ4n) is 1.63. The van der Waals surface area contributed by atoms with Crippen LogP contribution in [0.15, 0.2) is 36.5 Å². The molecule has 0 amide bonds. The molecular weight excluding hydrogens is 202 g/mol. The van der Waals surface area contributed by atoms with Gasteiger partial charge in [0.15, 0.2) is 0 Å². The first-order valence-corrected chi connectivity index (χ1v) is 5.42. The third-order valence-electron chi connectivity index (χ3n) is 2.45. The predicted octanol–water partition coefficient (Wildman–Crippen LogP) is 1.25. The van der Waals surface area contributed by atoms with Gasteiger partial charge < -0.3 is 5.11 Å². The van der Waals surface area contributed by atoms with E-state index in [4.69, 9.17) is 5.11 Å². The lowest BCUT2D eigenvalue weighted by atomic mass is 10.1. The summed E-state index contributed by atoms with van der Waals surface area (Å²) in [4.78, 5) is 0. The Morgan fingerprint density at radius 1 is 1.19 bits per heavy atom. The van der Waals surface area contributed by atoms with Crippen LogP contribution in [0.4, 0.5) is 0 Å². The van der Waals surface area contributed by atoms with E-state index in [1.165, 1.54) is 5.56 Å². The number of aryl methyl sites for hydroxylation is 1. The van der Waals surface area contributed by atoms with E-state index in [1.807, 2.05) is 22.9 Å². The molecule has 4 nitrogen and oxygen atoms in total. The Labute approximate surface area is 94.5 Å². The second-order valence-electron chi connectivity index (χ2n) is 3.69. The van der Waals surface area contributed by atoms with Gasteiger partial charge in [-0.15, -0.1) is 5.10 Å². The second kappa shape index (κ2) is 5.42. The maximum absolute atomic E-state index is 8.78. The van der Waals surface area contributed by atoms with Crippen molar-refractivity contribution in [2.75, 3.05) is 6.61 Å². The third kappa shape index (κ3) is 2.67. The van der Waals surface area contributed by atoms with E-state index in [-0.39, 0.29) is 6.61 Å². The van der Waals surface area contributed by atoms with Gasteiger partial charge in [-0.25, -0.2) is 4.68 Å². The minimum absolute atomic E-state index is 0.185. The molecule has 0 spiro atoms. The molecule has 0 bridgehead atoms. The number of hydrogen-bond acceptors (Lipinski definition) is 3. The zero-order valence-corrected chi connectivity index (χ0v) is 9.08. The highest BCUT2D eigenvalue weighted by molar-refractivity contribution is 5.20. The summed E-state index contributed by atoms with van der Waals surface area (Å²) in [5, 5.41) is 16.7. The first kappa shape index (κ1) is 10.8. The number of aliphatic hydroxyl groups excluding tert-OH is 1. The highest BCUT2D eigenvalue weighted by Gasteiger charge is 2.04. The van der Waals surface area contributed by atoms with Crippen LogP contribution in [-0.4, -0.2) is 26.7 Å². The first-order chi connectivity index (χ1) is 7.90. The molecular formula is C12H15N3O. The molecule has 0 aliphatic heterocycles. The monoisotopic (exact) mass is 217 g/mol. The standard InChI is InChI=1S/C12H15N3O/c16-8-4-7-15-12(10-13-14-15)9-11-5-2-1-3-6-11/h1-3,5-6,10,16H,4,7-9H2. The van der Waals surface area contributed by atoms with Gasteiger partial charge in [0.2, 0.25) is 0 Å². The topological polar surface area (TPSA) is 50.9 Å². The lowest BCUT2D eigenvalue weighted by Crippen LogP contribution is -2.07. The van der Waals surface area contributed by atoms with Crippen molar-refractivity contribution in [3.63, 3.8) is 0 Å². The maximum Gasteiger partial charge on any atom is 0.0728 e. The average Bonchev–Trinajstić information content (AvgIpc) is 2.75. The fraction of sp³-hybridized carbons (Fsp3) is 0.333. The molecule has 0 aliphatic carbocycles. The number of aromatic nitrogens is 3.